The fourth-order valence-corrected chi connectivity index (χ4v) is 2.06. The summed E-state index contributed by atoms with van der Waals surface area (Å²) in [4.78, 5) is 4.30. The topological polar surface area (TPSA) is 81.4 Å². The van der Waals surface area contributed by atoms with Crippen molar-refractivity contribution in [2.45, 2.75) is 26.2 Å². The molecule has 6 heteroatoms. The Kier molecular flexibility index (Phi) is 7.16. The monoisotopic (exact) mass is 210 g/mol. The second kappa shape index (κ2) is 7.25. The first-order valence-corrected chi connectivity index (χ1v) is 6.06. The van der Waals surface area contributed by atoms with Crippen LogP contribution in [0.25, 0.3) is 0 Å². The van der Waals surface area contributed by atoms with Gasteiger partial charge >= 0.3 is 0 Å². The van der Waals surface area contributed by atoms with Crippen LogP contribution in [0.15, 0.2) is 0 Å². The largest absolute Gasteiger partial charge is 0.305 e. The SMILES string of the molecule is CCCCS(=O)(=O)NCCCON. The van der Waals surface area contributed by atoms with E-state index in [9.17, 15) is 8.42 Å². The van der Waals surface area contributed by atoms with Gasteiger partial charge in [-0.15, -0.1) is 0 Å². The molecule has 80 valence electrons. The Balaban J connectivity index is 3.52. The van der Waals surface area contributed by atoms with Crippen LogP contribution in [0.3, 0.4) is 0 Å². The third-order valence-electron chi connectivity index (χ3n) is 1.53. The molecule has 13 heavy (non-hydrogen) atoms. The van der Waals surface area contributed by atoms with Crippen LogP contribution in [0.2, 0.25) is 0 Å². The molecular weight excluding hydrogens is 192 g/mol. The summed E-state index contributed by atoms with van der Waals surface area (Å²) in [7, 11) is -3.07. The first-order valence-electron chi connectivity index (χ1n) is 4.41. The van der Waals surface area contributed by atoms with E-state index in [1.165, 1.54) is 0 Å². The Morgan fingerprint density at radius 3 is 2.62 bits per heavy atom. The molecular formula is C7H18N2O3S. The normalized spacial score (nSPS) is 11.8. The molecule has 0 aromatic carbocycles. The van der Waals surface area contributed by atoms with Crippen LogP contribution in [0.5, 0.6) is 0 Å². The fraction of sp³-hybridized carbons (Fsp3) is 1.00. The predicted octanol–water partition coefficient (Wildman–Crippen LogP) is -0.0137. The van der Waals surface area contributed by atoms with Crippen LogP contribution >= 0.6 is 0 Å². The highest BCUT2D eigenvalue weighted by atomic mass is 32.2. The summed E-state index contributed by atoms with van der Waals surface area (Å²) >= 11 is 0. The maximum Gasteiger partial charge on any atom is 0.211 e. The molecule has 0 bridgehead atoms. The van der Waals surface area contributed by atoms with Crippen LogP contribution in [0, 0.1) is 0 Å². The summed E-state index contributed by atoms with van der Waals surface area (Å²) in [6.07, 6.45) is 2.18. The second-order valence-electron chi connectivity index (χ2n) is 2.79. The lowest BCUT2D eigenvalue weighted by molar-refractivity contribution is 0.136. The molecule has 0 aromatic heterocycles. The molecule has 0 heterocycles. The molecule has 0 atom stereocenters. The molecule has 0 amide bonds. The average Bonchev–Trinajstić information content (AvgIpc) is 2.09. The van der Waals surface area contributed by atoms with E-state index >= 15 is 0 Å². The first-order chi connectivity index (χ1) is 6.12. The van der Waals surface area contributed by atoms with Crippen molar-refractivity contribution >= 4 is 10.0 Å². The molecule has 0 saturated carbocycles. The minimum absolute atomic E-state index is 0.201. The Labute approximate surface area is 79.6 Å². The zero-order valence-corrected chi connectivity index (χ0v) is 8.77. The molecule has 0 saturated heterocycles. The van der Waals surface area contributed by atoms with Gasteiger partial charge in [-0.05, 0) is 12.8 Å². The first kappa shape index (κ1) is 12.8. The van der Waals surface area contributed by atoms with Gasteiger partial charge in [-0.2, -0.15) is 0 Å². The number of hydrogen-bond acceptors (Lipinski definition) is 4. The van der Waals surface area contributed by atoms with Gasteiger partial charge in [0.2, 0.25) is 10.0 Å². The van der Waals surface area contributed by atoms with Crippen molar-refractivity contribution in [3.63, 3.8) is 0 Å². The highest BCUT2D eigenvalue weighted by molar-refractivity contribution is 7.89. The Morgan fingerprint density at radius 1 is 1.38 bits per heavy atom. The van der Waals surface area contributed by atoms with Crippen molar-refractivity contribution in [3.8, 4) is 0 Å². The van der Waals surface area contributed by atoms with Crippen molar-refractivity contribution < 1.29 is 13.3 Å². The summed E-state index contributed by atoms with van der Waals surface area (Å²) in [5.41, 5.74) is 0. The van der Waals surface area contributed by atoms with E-state index in [1.807, 2.05) is 6.92 Å². The van der Waals surface area contributed by atoms with Gasteiger partial charge in [-0.25, -0.2) is 19.0 Å². The van der Waals surface area contributed by atoms with Gasteiger partial charge in [-0.1, -0.05) is 13.3 Å². The number of nitrogens with one attached hydrogen (secondary N) is 1. The zero-order valence-electron chi connectivity index (χ0n) is 7.95. The summed E-state index contributed by atoms with van der Waals surface area (Å²) in [6.45, 7) is 2.72. The van der Waals surface area contributed by atoms with Crippen LogP contribution < -0.4 is 10.6 Å². The maximum atomic E-state index is 11.2. The zero-order chi connectivity index (χ0) is 10.2. The smallest absolute Gasteiger partial charge is 0.211 e. The van der Waals surface area contributed by atoms with Crippen LogP contribution in [0.1, 0.15) is 26.2 Å². The number of hydrogen-bond donors (Lipinski definition) is 2. The van der Waals surface area contributed by atoms with Crippen molar-refractivity contribution in [1.29, 1.82) is 0 Å². The van der Waals surface area contributed by atoms with E-state index in [1.54, 1.807) is 0 Å². The summed E-state index contributed by atoms with van der Waals surface area (Å²) in [5.74, 6) is 4.98. The third-order valence-corrected chi connectivity index (χ3v) is 3.00. The molecule has 0 unspecified atom stereocenters. The lowest BCUT2D eigenvalue weighted by Gasteiger charge is -2.04. The molecule has 0 aliphatic heterocycles. The molecule has 3 N–H and O–H groups in total. The molecule has 0 fully saturated rings. The molecule has 0 aliphatic carbocycles. The molecule has 0 spiro atoms. The summed E-state index contributed by atoms with van der Waals surface area (Å²) in [6, 6.07) is 0. The third kappa shape index (κ3) is 8.17. The van der Waals surface area contributed by atoms with E-state index in [4.69, 9.17) is 5.90 Å². The second-order valence-corrected chi connectivity index (χ2v) is 4.72. The van der Waals surface area contributed by atoms with E-state index in [0.29, 0.717) is 26.0 Å². The maximum absolute atomic E-state index is 11.2. The van der Waals surface area contributed by atoms with Crippen molar-refractivity contribution in [2.24, 2.45) is 5.90 Å². The lowest BCUT2D eigenvalue weighted by atomic mass is 10.4. The van der Waals surface area contributed by atoms with Gasteiger partial charge in [-0.3, -0.25) is 0 Å². The fourth-order valence-electron chi connectivity index (χ4n) is 0.790. The molecule has 0 aromatic rings. The van der Waals surface area contributed by atoms with Gasteiger partial charge in [0, 0.05) is 6.54 Å². The van der Waals surface area contributed by atoms with E-state index in [0.717, 1.165) is 6.42 Å². The summed E-state index contributed by atoms with van der Waals surface area (Å²) in [5, 5.41) is 0. The molecule has 5 nitrogen and oxygen atoms in total. The lowest BCUT2D eigenvalue weighted by Crippen LogP contribution is -2.28. The standard InChI is InChI=1S/C7H18N2O3S/c1-2-3-7-13(10,11)9-5-4-6-12-8/h9H,2-8H2,1H3. The van der Waals surface area contributed by atoms with Gasteiger partial charge < -0.3 is 4.84 Å². The number of rotatable bonds is 8. The predicted molar refractivity (Wildman–Crippen MR) is 51.5 cm³/mol. The summed E-state index contributed by atoms with van der Waals surface area (Å²) < 4.78 is 24.8. The highest BCUT2D eigenvalue weighted by Crippen LogP contribution is 1.93. The Hall–Kier alpha value is -0.170. The van der Waals surface area contributed by atoms with Crippen LogP contribution in [-0.2, 0) is 14.9 Å². The average molecular weight is 210 g/mol. The molecule has 0 aliphatic rings. The van der Waals surface area contributed by atoms with Crippen LogP contribution in [-0.4, -0.2) is 27.3 Å². The Bertz CT molecular complexity index is 204. The molecule has 0 rings (SSSR count). The van der Waals surface area contributed by atoms with Gasteiger partial charge in [0.05, 0.1) is 12.4 Å². The van der Waals surface area contributed by atoms with E-state index in [-0.39, 0.29) is 5.75 Å². The minimum Gasteiger partial charge on any atom is -0.305 e. The van der Waals surface area contributed by atoms with Crippen molar-refractivity contribution in [1.82, 2.24) is 4.72 Å². The van der Waals surface area contributed by atoms with Gasteiger partial charge in [0.1, 0.15) is 0 Å². The van der Waals surface area contributed by atoms with Crippen molar-refractivity contribution in [3.05, 3.63) is 0 Å². The minimum atomic E-state index is -3.07. The van der Waals surface area contributed by atoms with E-state index < -0.39 is 10.0 Å². The Morgan fingerprint density at radius 2 is 2.08 bits per heavy atom. The number of nitrogens with two attached hydrogens (primary N) is 1. The van der Waals surface area contributed by atoms with Crippen molar-refractivity contribution in [2.75, 3.05) is 18.9 Å². The van der Waals surface area contributed by atoms with Crippen LogP contribution in [0.4, 0.5) is 0 Å². The van der Waals surface area contributed by atoms with Gasteiger partial charge in [0.15, 0.2) is 0 Å². The van der Waals surface area contributed by atoms with Gasteiger partial charge in [0.25, 0.3) is 0 Å². The quantitative estimate of drug-likeness (QED) is 0.436. The number of unbranched alkanes of at least 4 members (excludes halogenated alkanes) is 1. The highest BCUT2D eigenvalue weighted by Gasteiger charge is 2.07. The van der Waals surface area contributed by atoms with E-state index in [2.05, 4.69) is 9.56 Å². The number of sulfonamides is 1. The molecule has 0 radical (unpaired) electrons.